The summed E-state index contributed by atoms with van der Waals surface area (Å²) in [6, 6.07) is 0. The Labute approximate surface area is 152 Å². The number of hydrogen-bond donors (Lipinski definition) is 0. The van der Waals surface area contributed by atoms with Crippen LogP contribution < -0.4 is 0 Å². The van der Waals surface area contributed by atoms with Gasteiger partial charge in [0.1, 0.15) is 0 Å². The van der Waals surface area contributed by atoms with Crippen LogP contribution in [0.15, 0.2) is 0 Å². The molecule has 0 amide bonds. The predicted molar refractivity (Wildman–Crippen MR) is 105 cm³/mol. The van der Waals surface area contributed by atoms with Crippen molar-refractivity contribution in [1.82, 2.24) is 0 Å². The van der Waals surface area contributed by atoms with Gasteiger partial charge in [0.25, 0.3) is 0 Å². The molecule has 2 saturated carbocycles. The molecule has 2 atom stereocenters. The Kier molecular flexibility index (Phi) is 7.65. The lowest BCUT2D eigenvalue weighted by molar-refractivity contribution is -0.00693. The molecular weight excluding hydrogens is 292 g/mol. The van der Waals surface area contributed by atoms with Crippen LogP contribution >= 0.6 is 0 Å². The Balaban J connectivity index is 1.66. The number of hydrogen-bond acceptors (Lipinski definition) is 1. The molecule has 2 aliphatic carbocycles. The van der Waals surface area contributed by atoms with E-state index < -0.39 is 0 Å². The van der Waals surface area contributed by atoms with Crippen molar-refractivity contribution < 1.29 is 4.74 Å². The maximum atomic E-state index is 6.35. The predicted octanol–water partition coefficient (Wildman–Crippen LogP) is 7.38. The molecule has 0 spiro atoms. The van der Waals surface area contributed by atoms with Gasteiger partial charge in [-0.25, -0.2) is 0 Å². The van der Waals surface area contributed by atoms with Crippen LogP contribution in [-0.2, 0) is 4.74 Å². The zero-order valence-electron chi connectivity index (χ0n) is 17.3. The largest absolute Gasteiger partial charge is 0.378 e. The molecule has 0 radical (unpaired) electrons. The third-order valence-electron chi connectivity index (χ3n) is 6.33. The van der Waals surface area contributed by atoms with Crippen molar-refractivity contribution >= 4 is 0 Å². The standard InChI is InChI=1S/C23H44O/c1-22(2,3)17-20-12-9-13-21(16-20)24-15-14-23(4,5)18-19-10-7-6-8-11-19/h19-21H,6-18H2,1-5H3. The minimum atomic E-state index is 0.460. The molecule has 0 bridgehead atoms. The van der Waals surface area contributed by atoms with Gasteiger partial charge in [0, 0.05) is 6.61 Å². The van der Waals surface area contributed by atoms with E-state index in [2.05, 4.69) is 34.6 Å². The smallest absolute Gasteiger partial charge is 0.0577 e. The van der Waals surface area contributed by atoms with Crippen molar-refractivity contribution in [2.24, 2.45) is 22.7 Å². The van der Waals surface area contributed by atoms with Gasteiger partial charge < -0.3 is 4.74 Å². The molecule has 24 heavy (non-hydrogen) atoms. The molecule has 2 fully saturated rings. The highest BCUT2D eigenvalue weighted by Gasteiger charge is 2.28. The third kappa shape index (κ3) is 7.89. The van der Waals surface area contributed by atoms with Gasteiger partial charge in [-0.1, -0.05) is 79.6 Å². The van der Waals surface area contributed by atoms with Crippen molar-refractivity contribution in [3.63, 3.8) is 0 Å². The molecule has 1 nitrogen and oxygen atoms in total. The maximum absolute atomic E-state index is 6.35. The lowest BCUT2D eigenvalue weighted by Crippen LogP contribution is -2.27. The Morgan fingerprint density at radius 3 is 2.08 bits per heavy atom. The van der Waals surface area contributed by atoms with Crippen LogP contribution in [0.3, 0.4) is 0 Å². The summed E-state index contributed by atoms with van der Waals surface area (Å²) in [7, 11) is 0. The summed E-state index contributed by atoms with van der Waals surface area (Å²) in [5.41, 5.74) is 0.927. The van der Waals surface area contributed by atoms with E-state index in [9.17, 15) is 0 Å². The summed E-state index contributed by atoms with van der Waals surface area (Å²) < 4.78 is 6.35. The summed E-state index contributed by atoms with van der Waals surface area (Å²) in [5.74, 6) is 1.87. The summed E-state index contributed by atoms with van der Waals surface area (Å²) >= 11 is 0. The molecule has 142 valence electrons. The van der Waals surface area contributed by atoms with Crippen molar-refractivity contribution in [3.05, 3.63) is 0 Å². The quantitative estimate of drug-likeness (QED) is 0.471. The number of rotatable bonds is 7. The second-order valence-corrected chi connectivity index (χ2v) is 10.9. The minimum absolute atomic E-state index is 0.460. The molecule has 0 aliphatic heterocycles. The highest BCUT2D eigenvalue weighted by Crippen LogP contribution is 2.38. The molecule has 0 heterocycles. The van der Waals surface area contributed by atoms with Gasteiger partial charge in [-0.2, -0.15) is 0 Å². The van der Waals surface area contributed by atoms with Crippen LogP contribution in [-0.4, -0.2) is 12.7 Å². The fourth-order valence-corrected chi connectivity index (χ4v) is 5.22. The van der Waals surface area contributed by atoms with E-state index in [0.717, 1.165) is 18.4 Å². The Bertz CT molecular complexity index is 346. The average Bonchev–Trinajstić information content (AvgIpc) is 2.46. The molecule has 2 unspecified atom stereocenters. The average molecular weight is 337 g/mol. The van der Waals surface area contributed by atoms with E-state index in [1.165, 1.54) is 77.0 Å². The summed E-state index contributed by atoms with van der Waals surface area (Å²) in [5, 5.41) is 0. The molecule has 0 N–H and O–H groups in total. The third-order valence-corrected chi connectivity index (χ3v) is 6.33. The Hall–Kier alpha value is -0.0400. The molecular formula is C23H44O. The second kappa shape index (κ2) is 9.06. The highest BCUT2D eigenvalue weighted by atomic mass is 16.5. The highest BCUT2D eigenvalue weighted by molar-refractivity contribution is 4.79. The van der Waals surface area contributed by atoms with Gasteiger partial charge in [0.15, 0.2) is 0 Å². The normalized spacial score (nSPS) is 27.4. The molecule has 0 aromatic carbocycles. The minimum Gasteiger partial charge on any atom is -0.378 e. The molecule has 1 heteroatoms. The molecule has 2 rings (SSSR count). The van der Waals surface area contributed by atoms with Crippen LogP contribution in [0.4, 0.5) is 0 Å². The van der Waals surface area contributed by atoms with Crippen molar-refractivity contribution in [3.8, 4) is 0 Å². The summed E-state index contributed by atoms with van der Waals surface area (Å²) in [6.45, 7) is 13.1. The van der Waals surface area contributed by atoms with Gasteiger partial charge in [0.05, 0.1) is 6.10 Å². The van der Waals surface area contributed by atoms with Crippen molar-refractivity contribution in [2.75, 3.05) is 6.61 Å². The number of ether oxygens (including phenoxy) is 1. The first-order valence-corrected chi connectivity index (χ1v) is 10.9. The van der Waals surface area contributed by atoms with Gasteiger partial charge in [-0.3, -0.25) is 0 Å². The molecule has 0 saturated heterocycles. The van der Waals surface area contributed by atoms with Crippen LogP contribution in [0, 0.1) is 22.7 Å². The fraction of sp³-hybridized carbons (Fsp3) is 1.00. The first kappa shape index (κ1) is 20.3. The van der Waals surface area contributed by atoms with Crippen LogP contribution in [0.25, 0.3) is 0 Å². The van der Waals surface area contributed by atoms with Gasteiger partial charge in [-0.15, -0.1) is 0 Å². The van der Waals surface area contributed by atoms with Crippen LogP contribution in [0.2, 0.25) is 0 Å². The maximum Gasteiger partial charge on any atom is 0.0577 e. The zero-order chi connectivity index (χ0) is 17.6. The SMILES string of the molecule is CC(C)(C)CC1CCCC(OCCC(C)(C)CC2CCCCC2)C1. The lowest BCUT2D eigenvalue weighted by Gasteiger charge is -2.35. The second-order valence-electron chi connectivity index (χ2n) is 10.9. The van der Waals surface area contributed by atoms with Crippen LogP contribution in [0.5, 0.6) is 0 Å². The first-order chi connectivity index (χ1) is 11.2. The van der Waals surface area contributed by atoms with E-state index in [1.807, 2.05) is 0 Å². The summed E-state index contributed by atoms with van der Waals surface area (Å²) in [6.07, 6.45) is 17.3. The van der Waals surface area contributed by atoms with E-state index in [4.69, 9.17) is 4.74 Å². The Morgan fingerprint density at radius 1 is 0.750 bits per heavy atom. The lowest BCUT2D eigenvalue weighted by atomic mass is 9.75. The first-order valence-electron chi connectivity index (χ1n) is 10.9. The Morgan fingerprint density at radius 2 is 1.42 bits per heavy atom. The van der Waals surface area contributed by atoms with E-state index in [-0.39, 0.29) is 0 Å². The van der Waals surface area contributed by atoms with E-state index >= 15 is 0 Å². The molecule has 2 aliphatic rings. The molecule has 0 aromatic heterocycles. The van der Waals surface area contributed by atoms with Crippen molar-refractivity contribution in [2.45, 2.75) is 118 Å². The van der Waals surface area contributed by atoms with Gasteiger partial charge in [-0.05, 0) is 54.8 Å². The van der Waals surface area contributed by atoms with Gasteiger partial charge >= 0.3 is 0 Å². The van der Waals surface area contributed by atoms with Crippen molar-refractivity contribution in [1.29, 1.82) is 0 Å². The monoisotopic (exact) mass is 336 g/mol. The van der Waals surface area contributed by atoms with Gasteiger partial charge in [0.2, 0.25) is 0 Å². The molecule has 0 aromatic rings. The zero-order valence-corrected chi connectivity index (χ0v) is 17.3. The summed E-state index contributed by atoms with van der Waals surface area (Å²) in [4.78, 5) is 0. The topological polar surface area (TPSA) is 9.23 Å². The fourth-order valence-electron chi connectivity index (χ4n) is 5.22. The van der Waals surface area contributed by atoms with E-state index in [0.29, 0.717) is 16.9 Å². The van der Waals surface area contributed by atoms with E-state index in [1.54, 1.807) is 0 Å². The van der Waals surface area contributed by atoms with Crippen LogP contribution in [0.1, 0.15) is 112 Å².